The molecule has 0 aromatic heterocycles. The van der Waals surface area contributed by atoms with Crippen molar-refractivity contribution >= 4 is 21.9 Å². The molecule has 2 rings (SSSR count). The molecule has 2 aromatic rings. The lowest BCUT2D eigenvalue weighted by Crippen LogP contribution is -2.18. The largest absolute Gasteiger partial charge is 0.435 e. The van der Waals surface area contributed by atoms with Gasteiger partial charge >= 0.3 is 13.2 Å². The van der Waals surface area contributed by atoms with Gasteiger partial charge in [-0.15, -0.1) is 0 Å². The van der Waals surface area contributed by atoms with E-state index in [0.29, 0.717) is 0 Å². The number of rotatable bonds is 9. The number of benzene rings is 2. The fourth-order valence-corrected chi connectivity index (χ4v) is 2.81. The molecule has 0 radical (unpaired) electrons. The lowest BCUT2D eigenvalue weighted by Gasteiger charge is -2.11. The van der Waals surface area contributed by atoms with E-state index >= 15 is 0 Å². The maximum atomic E-state index is 12.5. The molecule has 0 unspecified atom stereocenters. The zero-order valence-corrected chi connectivity index (χ0v) is 14.9. The van der Waals surface area contributed by atoms with Gasteiger partial charge in [0, 0.05) is 23.8 Å². The van der Waals surface area contributed by atoms with Gasteiger partial charge < -0.3 is 9.47 Å². The van der Waals surface area contributed by atoms with Crippen LogP contribution in [-0.2, 0) is 10.0 Å². The predicted molar refractivity (Wildman–Crippen MR) is 90.7 cm³/mol. The standard InChI is InChI=1S/C15H11F4N3O6S/c16-14(17)27-11-5-4-9(13(7-11)28-15(18)19)8-20-21-29(25,26)12-3-1-2-10(6-12)22(23)24/h1-8,14-15,21H. The summed E-state index contributed by atoms with van der Waals surface area (Å²) < 4.78 is 82.0. The second-order valence-corrected chi connectivity index (χ2v) is 6.72. The van der Waals surface area contributed by atoms with Gasteiger partial charge in [0.1, 0.15) is 11.5 Å². The molecular weight excluding hydrogens is 426 g/mol. The molecule has 0 saturated carbocycles. The minimum absolute atomic E-state index is 0.186. The van der Waals surface area contributed by atoms with Crippen molar-refractivity contribution in [3.63, 3.8) is 0 Å². The molecule has 0 bridgehead atoms. The summed E-state index contributed by atoms with van der Waals surface area (Å²) in [6.45, 7) is -6.50. The average Bonchev–Trinajstić information content (AvgIpc) is 2.62. The Morgan fingerprint density at radius 1 is 1.07 bits per heavy atom. The van der Waals surface area contributed by atoms with Crippen LogP contribution in [0.1, 0.15) is 5.56 Å². The quantitative estimate of drug-likeness (QED) is 0.279. The maximum Gasteiger partial charge on any atom is 0.387 e. The molecule has 0 atom stereocenters. The second-order valence-electron chi connectivity index (χ2n) is 5.06. The van der Waals surface area contributed by atoms with Crippen molar-refractivity contribution in [2.75, 3.05) is 0 Å². The van der Waals surface area contributed by atoms with Crippen molar-refractivity contribution in [3.05, 3.63) is 58.1 Å². The van der Waals surface area contributed by atoms with Crippen molar-refractivity contribution in [2.24, 2.45) is 5.10 Å². The molecule has 9 nitrogen and oxygen atoms in total. The second kappa shape index (κ2) is 9.18. The zero-order valence-electron chi connectivity index (χ0n) is 14.0. The lowest BCUT2D eigenvalue weighted by molar-refractivity contribution is -0.385. The van der Waals surface area contributed by atoms with Crippen LogP contribution in [0.3, 0.4) is 0 Å². The minimum Gasteiger partial charge on any atom is -0.435 e. The Balaban J connectivity index is 2.24. The fraction of sp³-hybridized carbons (Fsp3) is 0.133. The third-order valence-corrected chi connectivity index (χ3v) is 4.36. The molecule has 14 heteroatoms. The number of halogens is 4. The molecule has 0 heterocycles. The van der Waals surface area contributed by atoms with Crippen LogP contribution in [-0.4, -0.2) is 32.8 Å². The lowest BCUT2D eigenvalue weighted by atomic mass is 10.2. The number of nitrogens with one attached hydrogen (secondary N) is 1. The predicted octanol–water partition coefficient (Wildman–Crippen LogP) is 3.11. The first kappa shape index (κ1) is 21.9. The summed E-state index contributed by atoms with van der Waals surface area (Å²) in [6, 6.07) is 6.87. The summed E-state index contributed by atoms with van der Waals surface area (Å²) in [5, 5.41) is 14.1. The molecule has 0 spiro atoms. The number of alkyl halides is 4. The third-order valence-electron chi connectivity index (χ3n) is 3.14. The van der Waals surface area contributed by atoms with Crippen LogP contribution in [0.4, 0.5) is 23.2 Å². The summed E-state index contributed by atoms with van der Waals surface area (Å²) >= 11 is 0. The topological polar surface area (TPSA) is 120 Å². The average molecular weight is 437 g/mol. The van der Waals surface area contributed by atoms with E-state index in [-0.39, 0.29) is 5.56 Å². The highest BCUT2D eigenvalue weighted by Crippen LogP contribution is 2.26. The van der Waals surface area contributed by atoms with E-state index in [0.717, 1.165) is 48.7 Å². The first-order valence-electron chi connectivity index (χ1n) is 7.41. The van der Waals surface area contributed by atoms with Crippen LogP contribution in [0.15, 0.2) is 52.5 Å². The molecule has 0 saturated heterocycles. The molecule has 156 valence electrons. The van der Waals surface area contributed by atoms with E-state index in [4.69, 9.17) is 0 Å². The number of nitrogens with zero attached hydrogens (tertiary/aromatic N) is 2. The van der Waals surface area contributed by atoms with Gasteiger partial charge in [-0.2, -0.15) is 31.1 Å². The van der Waals surface area contributed by atoms with E-state index < -0.39 is 50.3 Å². The molecule has 0 aliphatic carbocycles. The number of hydrazone groups is 1. The molecular formula is C15H11F4N3O6S. The van der Waals surface area contributed by atoms with Gasteiger partial charge in [-0.3, -0.25) is 10.1 Å². The minimum atomic E-state index is -4.31. The van der Waals surface area contributed by atoms with Gasteiger partial charge in [-0.1, -0.05) is 6.07 Å². The van der Waals surface area contributed by atoms with Crippen molar-refractivity contribution < 1.29 is 40.4 Å². The Morgan fingerprint density at radius 3 is 2.38 bits per heavy atom. The van der Waals surface area contributed by atoms with Gasteiger partial charge in [-0.05, 0) is 18.2 Å². The summed E-state index contributed by atoms with van der Waals surface area (Å²) in [7, 11) is -4.31. The summed E-state index contributed by atoms with van der Waals surface area (Å²) in [4.78, 5) is 11.2. The molecule has 29 heavy (non-hydrogen) atoms. The van der Waals surface area contributed by atoms with Crippen LogP contribution in [0, 0.1) is 10.1 Å². The Morgan fingerprint density at radius 2 is 1.76 bits per heavy atom. The van der Waals surface area contributed by atoms with E-state index in [1.165, 1.54) is 0 Å². The smallest absolute Gasteiger partial charge is 0.387 e. The van der Waals surface area contributed by atoms with E-state index in [1.807, 2.05) is 0 Å². The fourth-order valence-electron chi connectivity index (χ4n) is 1.98. The van der Waals surface area contributed by atoms with Crippen molar-refractivity contribution in [3.8, 4) is 11.5 Å². The summed E-state index contributed by atoms with van der Waals surface area (Å²) in [5.41, 5.74) is -0.659. The van der Waals surface area contributed by atoms with Gasteiger partial charge in [0.15, 0.2) is 0 Å². The number of ether oxygens (including phenoxy) is 2. The van der Waals surface area contributed by atoms with E-state index in [2.05, 4.69) is 14.6 Å². The summed E-state index contributed by atoms with van der Waals surface area (Å²) in [6.07, 6.45) is 0.777. The number of nitro benzene ring substituents is 1. The Kier molecular flexibility index (Phi) is 6.93. The van der Waals surface area contributed by atoms with Gasteiger partial charge in [-0.25, -0.2) is 4.83 Å². The highest BCUT2D eigenvalue weighted by Gasteiger charge is 2.17. The normalized spacial score (nSPS) is 11.8. The van der Waals surface area contributed by atoms with Crippen LogP contribution in [0.25, 0.3) is 0 Å². The SMILES string of the molecule is O=[N+]([O-])c1cccc(S(=O)(=O)NN=Cc2ccc(OC(F)F)cc2OC(F)F)c1. The number of hydrogen-bond acceptors (Lipinski definition) is 7. The van der Waals surface area contributed by atoms with Gasteiger partial charge in [0.05, 0.1) is 16.0 Å². The third kappa shape index (κ3) is 6.31. The monoisotopic (exact) mass is 437 g/mol. The first-order chi connectivity index (χ1) is 13.6. The summed E-state index contributed by atoms with van der Waals surface area (Å²) in [5.74, 6) is -1.07. The molecule has 0 amide bonds. The van der Waals surface area contributed by atoms with E-state index in [9.17, 15) is 36.1 Å². The Labute approximate surface area is 160 Å². The van der Waals surface area contributed by atoms with Crippen LogP contribution in [0.2, 0.25) is 0 Å². The number of non-ortho nitro benzene ring substituents is 1. The zero-order chi connectivity index (χ0) is 21.6. The van der Waals surface area contributed by atoms with Crippen LogP contribution < -0.4 is 14.3 Å². The molecule has 0 aliphatic rings. The Bertz CT molecular complexity index is 1020. The van der Waals surface area contributed by atoms with E-state index in [1.54, 1.807) is 4.83 Å². The molecule has 0 aliphatic heterocycles. The molecule has 0 fully saturated rings. The van der Waals surface area contributed by atoms with Crippen LogP contribution in [0.5, 0.6) is 11.5 Å². The van der Waals surface area contributed by atoms with Gasteiger partial charge in [0.2, 0.25) is 0 Å². The maximum absolute atomic E-state index is 12.5. The van der Waals surface area contributed by atoms with Crippen LogP contribution >= 0.6 is 0 Å². The van der Waals surface area contributed by atoms with Gasteiger partial charge in [0.25, 0.3) is 15.7 Å². The highest BCUT2D eigenvalue weighted by molar-refractivity contribution is 7.89. The Hall–Kier alpha value is -3.42. The molecule has 1 N–H and O–H groups in total. The van der Waals surface area contributed by atoms with Crippen molar-refractivity contribution in [1.82, 2.24) is 4.83 Å². The van der Waals surface area contributed by atoms with Crippen molar-refractivity contribution in [2.45, 2.75) is 18.1 Å². The number of hydrogen-bond donors (Lipinski definition) is 1. The number of sulfonamides is 1. The van der Waals surface area contributed by atoms with Crippen molar-refractivity contribution in [1.29, 1.82) is 0 Å². The number of nitro groups is 1. The highest BCUT2D eigenvalue weighted by atomic mass is 32.2. The molecule has 2 aromatic carbocycles. The first-order valence-corrected chi connectivity index (χ1v) is 8.90.